The van der Waals surface area contributed by atoms with Gasteiger partial charge in [-0.15, -0.1) is 0 Å². The Morgan fingerprint density at radius 3 is 3.00 bits per heavy atom. The molecule has 0 saturated carbocycles. The first-order valence-corrected chi connectivity index (χ1v) is 5.08. The second-order valence-corrected chi connectivity index (χ2v) is 3.69. The Morgan fingerprint density at radius 1 is 1.33 bits per heavy atom. The molecule has 1 heteroatoms. The van der Waals surface area contributed by atoms with Crippen LogP contribution in [0.25, 0.3) is 0 Å². The largest absolute Gasteiger partial charge is 0.351 e. The van der Waals surface area contributed by atoms with Gasteiger partial charge in [-0.2, -0.15) is 0 Å². The van der Waals surface area contributed by atoms with Crippen molar-refractivity contribution in [1.29, 1.82) is 0 Å². The molecule has 1 aliphatic carbocycles. The molecule has 0 bridgehead atoms. The van der Waals surface area contributed by atoms with Gasteiger partial charge in [0.25, 0.3) is 0 Å². The molecule has 0 fully saturated rings. The first kappa shape index (κ1) is 7.90. The average molecular weight is 163 g/mol. The third-order valence-corrected chi connectivity index (χ3v) is 2.75. The maximum atomic E-state index is 2.44. The number of rotatable bonds is 2. The zero-order chi connectivity index (χ0) is 8.39. The summed E-state index contributed by atoms with van der Waals surface area (Å²) in [7, 11) is 0. The van der Waals surface area contributed by atoms with E-state index in [0.29, 0.717) is 0 Å². The number of nitrogens with zero attached hydrogens (tertiary/aromatic N) is 1. The quantitative estimate of drug-likeness (QED) is 0.631. The van der Waals surface area contributed by atoms with Gasteiger partial charge in [-0.05, 0) is 43.7 Å². The third-order valence-electron chi connectivity index (χ3n) is 2.75. The van der Waals surface area contributed by atoms with Gasteiger partial charge in [0.05, 0.1) is 0 Å². The van der Waals surface area contributed by atoms with Gasteiger partial charge in [-0.25, -0.2) is 0 Å². The molecule has 0 aliphatic heterocycles. The molecular weight excluding hydrogens is 146 g/mol. The van der Waals surface area contributed by atoms with Gasteiger partial charge in [0.15, 0.2) is 0 Å². The van der Waals surface area contributed by atoms with Gasteiger partial charge in [-0.3, -0.25) is 0 Å². The van der Waals surface area contributed by atoms with Crippen LogP contribution >= 0.6 is 0 Å². The molecule has 0 N–H and O–H groups in total. The lowest BCUT2D eigenvalue weighted by Crippen LogP contribution is -2.07. The van der Waals surface area contributed by atoms with E-state index < -0.39 is 0 Å². The van der Waals surface area contributed by atoms with Crippen molar-refractivity contribution in [2.75, 3.05) is 0 Å². The van der Waals surface area contributed by atoms with Crippen molar-refractivity contribution >= 4 is 0 Å². The van der Waals surface area contributed by atoms with E-state index in [2.05, 4.69) is 23.8 Å². The van der Waals surface area contributed by atoms with Crippen molar-refractivity contribution in [1.82, 2.24) is 4.57 Å². The van der Waals surface area contributed by atoms with E-state index >= 15 is 0 Å². The number of hydrogen-bond donors (Lipinski definition) is 0. The third kappa shape index (κ3) is 1.28. The average Bonchev–Trinajstić information content (AvgIpc) is 2.50. The van der Waals surface area contributed by atoms with Gasteiger partial charge in [0.2, 0.25) is 0 Å². The SMILES string of the molecule is CCCn1ccc2c1CCCC2. The fraction of sp³-hybridized carbons (Fsp3) is 0.636. The standard InChI is InChI=1S/C11H17N/c1-2-8-12-9-7-10-5-3-4-6-11(10)12/h7,9H,2-6,8H2,1H3. The van der Waals surface area contributed by atoms with E-state index in [9.17, 15) is 0 Å². The summed E-state index contributed by atoms with van der Waals surface area (Å²) < 4.78 is 2.44. The summed E-state index contributed by atoms with van der Waals surface area (Å²) in [5.74, 6) is 0. The van der Waals surface area contributed by atoms with E-state index in [1.165, 1.54) is 38.6 Å². The van der Waals surface area contributed by atoms with Crippen molar-refractivity contribution < 1.29 is 0 Å². The first-order valence-electron chi connectivity index (χ1n) is 5.08. The zero-order valence-corrected chi connectivity index (χ0v) is 7.84. The van der Waals surface area contributed by atoms with Gasteiger partial charge in [0, 0.05) is 18.4 Å². The van der Waals surface area contributed by atoms with Crippen LogP contribution in [0.4, 0.5) is 0 Å². The molecule has 1 aliphatic rings. The molecule has 0 aromatic carbocycles. The minimum Gasteiger partial charge on any atom is -0.351 e. The van der Waals surface area contributed by atoms with Crippen LogP contribution in [-0.2, 0) is 19.4 Å². The molecular formula is C11H17N. The number of aromatic nitrogens is 1. The number of fused-ring (bicyclic) bond motifs is 1. The second-order valence-electron chi connectivity index (χ2n) is 3.69. The number of hydrogen-bond acceptors (Lipinski definition) is 0. The second kappa shape index (κ2) is 3.34. The van der Waals surface area contributed by atoms with Gasteiger partial charge in [-0.1, -0.05) is 6.92 Å². The Hall–Kier alpha value is -0.720. The Morgan fingerprint density at radius 2 is 2.17 bits per heavy atom. The molecule has 1 nitrogen and oxygen atoms in total. The topological polar surface area (TPSA) is 4.93 Å². The molecule has 0 unspecified atom stereocenters. The fourth-order valence-electron chi connectivity index (χ4n) is 2.14. The summed E-state index contributed by atoms with van der Waals surface area (Å²) in [6.45, 7) is 3.45. The lowest BCUT2D eigenvalue weighted by Gasteiger charge is -2.14. The molecule has 12 heavy (non-hydrogen) atoms. The van der Waals surface area contributed by atoms with Gasteiger partial charge in [0.1, 0.15) is 0 Å². The molecule has 66 valence electrons. The summed E-state index contributed by atoms with van der Waals surface area (Å²) in [4.78, 5) is 0. The van der Waals surface area contributed by atoms with Crippen LogP contribution < -0.4 is 0 Å². The van der Waals surface area contributed by atoms with Crippen molar-refractivity contribution in [2.45, 2.75) is 45.6 Å². The fourth-order valence-corrected chi connectivity index (χ4v) is 2.14. The monoisotopic (exact) mass is 163 g/mol. The minimum absolute atomic E-state index is 1.20. The van der Waals surface area contributed by atoms with Gasteiger partial charge < -0.3 is 4.57 Å². The van der Waals surface area contributed by atoms with E-state index in [4.69, 9.17) is 0 Å². The zero-order valence-electron chi connectivity index (χ0n) is 7.84. The van der Waals surface area contributed by atoms with Crippen LogP contribution in [0.2, 0.25) is 0 Å². The van der Waals surface area contributed by atoms with Crippen molar-refractivity contribution in [3.05, 3.63) is 23.5 Å². The van der Waals surface area contributed by atoms with Crippen molar-refractivity contribution in [2.24, 2.45) is 0 Å². The highest BCUT2D eigenvalue weighted by Gasteiger charge is 2.12. The minimum atomic E-state index is 1.20. The first-order chi connectivity index (χ1) is 5.92. The van der Waals surface area contributed by atoms with Crippen LogP contribution in [-0.4, -0.2) is 4.57 Å². The highest BCUT2D eigenvalue weighted by atomic mass is 15.0. The number of aryl methyl sites for hydroxylation is 2. The normalized spacial score (nSPS) is 16.1. The summed E-state index contributed by atoms with van der Waals surface area (Å²) >= 11 is 0. The molecule has 1 aromatic heterocycles. The lowest BCUT2D eigenvalue weighted by molar-refractivity contribution is 0.596. The molecule has 0 amide bonds. The highest BCUT2D eigenvalue weighted by molar-refractivity contribution is 5.24. The Balaban J connectivity index is 2.25. The summed E-state index contributed by atoms with van der Waals surface area (Å²) in [6.07, 6.45) is 8.92. The van der Waals surface area contributed by atoms with E-state index in [-0.39, 0.29) is 0 Å². The predicted molar refractivity (Wildman–Crippen MR) is 51.4 cm³/mol. The van der Waals surface area contributed by atoms with E-state index in [1.54, 1.807) is 11.3 Å². The summed E-state index contributed by atoms with van der Waals surface area (Å²) in [5.41, 5.74) is 3.22. The van der Waals surface area contributed by atoms with Gasteiger partial charge >= 0.3 is 0 Å². The van der Waals surface area contributed by atoms with E-state index in [1.807, 2.05) is 0 Å². The smallest absolute Gasteiger partial charge is 0.0219 e. The van der Waals surface area contributed by atoms with Crippen LogP contribution in [0.1, 0.15) is 37.4 Å². The molecule has 0 spiro atoms. The van der Waals surface area contributed by atoms with E-state index in [0.717, 1.165) is 0 Å². The Labute approximate surface area is 74.4 Å². The van der Waals surface area contributed by atoms with Crippen LogP contribution in [0.3, 0.4) is 0 Å². The Bertz CT molecular complexity index is 260. The lowest BCUT2D eigenvalue weighted by atomic mass is 9.98. The van der Waals surface area contributed by atoms with Crippen LogP contribution in [0.15, 0.2) is 12.3 Å². The van der Waals surface area contributed by atoms with Crippen molar-refractivity contribution in [3.8, 4) is 0 Å². The maximum absolute atomic E-state index is 2.44. The molecule has 1 aromatic rings. The predicted octanol–water partition coefficient (Wildman–Crippen LogP) is 2.78. The molecule has 0 atom stereocenters. The molecule has 0 radical (unpaired) electrons. The molecule has 0 saturated heterocycles. The van der Waals surface area contributed by atoms with Crippen LogP contribution in [0, 0.1) is 0 Å². The molecule has 2 rings (SSSR count). The highest BCUT2D eigenvalue weighted by Crippen LogP contribution is 2.22. The molecule has 1 heterocycles. The Kier molecular flexibility index (Phi) is 2.20. The van der Waals surface area contributed by atoms with Crippen molar-refractivity contribution in [3.63, 3.8) is 0 Å². The van der Waals surface area contributed by atoms with Crippen LogP contribution in [0.5, 0.6) is 0 Å². The summed E-state index contributed by atoms with van der Waals surface area (Å²) in [5, 5.41) is 0. The maximum Gasteiger partial charge on any atom is 0.0219 e. The summed E-state index contributed by atoms with van der Waals surface area (Å²) in [6, 6.07) is 2.31.